The smallest absolute Gasteiger partial charge is 0.153 e. The highest BCUT2D eigenvalue weighted by Gasteiger charge is 2.02. The van der Waals surface area contributed by atoms with Crippen LogP contribution in [-0.4, -0.2) is 11.3 Å². The third kappa shape index (κ3) is 1.03. The number of halogens is 1. The molecule has 0 N–H and O–H groups in total. The number of aldehydes is 1. The van der Waals surface area contributed by atoms with Gasteiger partial charge in [-0.1, -0.05) is 0 Å². The van der Waals surface area contributed by atoms with E-state index in [1.807, 2.05) is 0 Å². The van der Waals surface area contributed by atoms with Gasteiger partial charge >= 0.3 is 0 Å². The summed E-state index contributed by atoms with van der Waals surface area (Å²) in [5.74, 6) is -0.560. The van der Waals surface area contributed by atoms with Crippen molar-refractivity contribution < 1.29 is 9.18 Å². The van der Waals surface area contributed by atoms with Crippen LogP contribution >= 0.6 is 0 Å². The van der Waals surface area contributed by atoms with E-state index >= 15 is 0 Å². The molecule has 0 aliphatic carbocycles. The highest BCUT2D eigenvalue weighted by molar-refractivity contribution is 5.76. The van der Waals surface area contributed by atoms with Crippen molar-refractivity contribution in [1.82, 2.24) is 4.98 Å². The largest absolute Gasteiger partial charge is 0.298 e. The second-order valence-electron chi connectivity index (χ2n) is 1.97. The minimum atomic E-state index is -0.560. The third-order valence-corrected chi connectivity index (χ3v) is 1.26. The second-order valence-corrected chi connectivity index (χ2v) is 1.97. The van der Waals surface area contributed by atoms with Gasteiger partial charge in [0, 0.05) is 6.20 Å². The molecular formula is C7H6FNO. The lowest BCUT2D eigenvalue weighted by Gasteiger charge is -1.95. The lowest BCUT2D eigenvalue weighted by atomic mass is 10.2. The number of aromatic nitrogens is 1. The molecule has 0 spiro atoms. The van der Waals surface area contributed by atoms with Crippen molar-refractivity contribution in [2.24, 2.45) is 0 Å². The summed E-state index contributed by atoms with van der Waals surface area (Å²) in [6.45, 7) is 1.64. The summed E-state index contributed by atoms with van der Waals surface area (Å²) in [5.41, 5.74) is 0.657. The van der Waals surface area contributed by atoms with Crippen LogP contribution in [0.4, 0.5) is 4.39 Å². The Labute approximate surface area is 57.7 Å². The van der Waals surface area contributed by atoms with Gasteiger partial charge in [-0.2, -0.15) is 0 Å². The average molecular weight is 139 g/mol. The number of rotatable bonds is 1. The lowest BCUT2D eigenvalue weighted by Crippen LogP contribution is -1.92. The standard InChI is InChI=1S/C7H6FNO/c1-5-2-9-3-7(8)6(5)4-10/h2-4H,1H3. The summed E-state index contributed by atoms with van der Waals surface area (Å²) in [6, 6.07) is 0. The molecule has 10 heavy (non-hydrogen) atoms. The number of nitrogens with zero attached hydrogens (tertiary/aromatic N) is 1. The Hall–Kier alpha value is -1.25. The van der Waals surface area contributed by atoms with Gasteiger partial charge in [-0.25, -0.2) is 4.39 Å². The number of carbonyl (C=O) groups excluding carboxylic acids is 1. The van der Waals surface area contributed by atoms with Gasteiger partial charge in [0.1, 0.15) is 0 Å². The van der Waals surface area contributed by atoms with Crippen molar-refractivity contribution in [3.63, 3.8) is 0 Å². The highest BCUT2D eigenvalue weighted by atomic mass is 19.1. The lowest BCUT2D eigenvalue weighted by molar-refractivity contribution is 0.111. The molecule has 1 heterocycles. The normalized spacial score (nSPS) is 9.40. The molecule has 0 fully saturated rings. The van der Waals surface area contributed by atoms with Crippen molar-refractivity contribution in [3.05, 3.63) is 29.3 Å². The fraction of sp³-hybridized carbons (Fsp3) is 0.143. The van der Waals surface area contributed by atoms with Gasteiger partial charge in [0.15, 0.2) is 12.1 Å². The second kappa shape index (κ2) is 2.56. The molecule has 52 valence electrons. The Morgan fingerprint density at radius 1 is 1.60 bits per heavy atom. The first-order valence-electron chi connectivity index (χ1n) is 2.81. The Kier molecular flexibility index (Phi) is 1.76. The molecule has 0 aromatic carbocycles. The van der Waals surface area contributed by atoms with Gasteiger partial charge in [-0.05, 0) is 12.5 Å². The van der Waals surface area contributed by atoms with Gasteiger partial charge in [-0.3, -0.25) is 9.78 Å². The highest BCUT2D eigenvalue weighted by Crippen LogP contribution is 2.06. The zero-order valence-electron chi connectivity index (χ0n) is 5.47. The maximum absolute atomic E-state index is 12.6. The minimum absolute atomic E-state index is 0.0926. The fourth-order valence-electron chi connectivity index (χ4n) is 0.691. The molecule has 1 rings (SSSR count). The summed E-state index contributed by atoms with van der Waals surface area (Å²) in [5, 5.41) is 0. The molecule has 3 heteroatoms. The first kappa shape index (κ1) is 6.86. The maximum Gasteiger partial charge on any atom is 0.153 e. The van der Waals surface area contributed by atoms with Crippen LogP contribution in [0.1, 0.15) is 15.9 Å². The van der Waals surface area contributed by atoms with E-state index in [4.69, 9.17) is 0 Å². The van der Waals surface area contributed by atoms with Crippen molar-refractivity contribution in [3.8, 4) is 0 Å². The quantitative estimate of drug-likeness (QED) is 0.549. The van der Waals surface area contributed by atoms with E-state index in [-0.39, 0.29) is 5.56 Å². The molecule has 0 radical (unpaired) electrons. The van der Waals surface area contributed by atoms with E-state index in [1.54, 1.807) is 6.92 Å². The number of carbonyl (C=O) groups is 1. The SMILES string of the molecule is Cc1cncc(F)c1C=O. The molecule has 1 aromatic rings. The van der Waals surface area contributed by atoms with Crippen molar-refractivity contribution in [2.45, 2.75) is 6.92 Å². The van der Waals surface area contributed by atoms with Gasteiger partial charge in [-0.15, -0.1) is 0 Å². The minimum Gasteiger partial charge on any atom is -0.298 e. The fourth-order valence-corrected chi connectivity index (χ4v) is 0.691. The Morgan fingerprint density at radius 3 is 2.70 bits per heavy atom. The first-order valence-corrected chi connectivity index (χ1v) is 2.81. The van der Waals surface area contributed by atoms with E-state index < -0.39 is 5.82 Å². The van der Waals surface area contributed by atoms with Crippen LogP contribution in [0.2, 0.25) is 0 Å². The van der Waals surface area contributed by atoms with E-state index in [9.17, 15) is 9.18 Å². The number of pyridine rings is 1. The van der Waals surface area contributed by atoms with Gasteiger partial charge in [0.25, 0.3) is 0 Å². The van der Waals surface area contributed by atoms with Crippen LogP contribution in [-0.2, 0) is 0 Å². The molecular weight excluding hydrogens is 133 g/mol. The predicted molar refractivity (Wildman–Crippen MR) is 34.3 cm³/mol. The van der Waals surface area contributed by atoms with Crippen molar-refractivity contribution in [2.75, 3.05) is 0 Å². The molecule has 0 aliphatic heterocycles. The summed E-state index contributed by atoms with van der Waals surface area (Å²) in [7, 11) is 0. The molecule has 0 amide bonds. The molecule has 0 unspecified atom stereocenters. The number of hydrogen-bond donors (Lipinski definition) is 0. The summed E-state index contributed by atoms with van der Waals surface area (Å²) < 4.78 is 12.6. The van der Waals surface area contributed by atoms with Crippen molar-refractivity contribution >= 4 is 6.29 Å². The van der Waals surface area contributed by atoms with E-state index in [1.165, 1.54) is 6.20 Å². The Balaban J connectivity index is 3.30. The van der Waals surface area contributed by atoms with Crippen LogP contribution in [0.25, 0.3) is 0 Å². The van der Waals surface area contributed by atoms with Crippen LogP contribution < -0.4 is 0 Å². The van der Waals surface area contributed by atoms with Crippen LogP contribution in [0.5, 0.6) is 0 Å². The maximum atomic E-state index is 12.6. The zero-order valence-corrected chi connectivity index (χ0v) is 5.47. The zero-order chi connectivity index (χ0) is 7.56. The molecule has 0 saturated heterocycles. The number of hydrogen-bond acceptors (Lipinski definition) is 2. The number of aryl methyl sites for hydroxylation is 1. The molecule has 0 aliphatic rings. The summed E-state index contributed by atoms with van der Waals surface area (Å²) in [6.07, 6.45) is 2.97. The van der Waals surface area contributed by atoms with Crippen LogP contribution in [0.15, 0.2) is 12.4 Å². The van der Waals surface area contributed by atoms with Crippen LogP contribution in [0.3, 0.4) is 0 Å². The average Bonchev–Trinajstić information content (AvgIpc) is 1.88. The Bertz CT molecular complexity index is 240. The van der Waals surface area contributed by atoms with Crippen molar-refractivity contribution in [1.29, 1.82) is 0 Å². The van der Waals surface area contributed by atoms with E-state index in [2.05, 4.69) is 4.98 Å². The molecule has 0 bridgehead atoms. The van der Waals surface area contributed by atoms with E-state index in [0.29, 0.717) is 11.8 Å². The third-order valence-electron chi connectivity index (χ3n) is 1.26. The van der Waals surface area contributed by atoms with Crippen LogP contribution in [0, 0.1) is 12.7 Å². The van der Waals surface area contributed by atoms with Gasteiger partial charge in [0.2, 0.25) is 0 Å². The molecule has 0 saturated carbocycles. The molecule has 2 nitrogen and oxygen atoms in total. The summed E-state index contributed by atoms with van der Waals surface area (Å²) >= 11 is 0. The predicted octanol–water partition coefficient (Wildman–Crippen LogP) is 1.34. The van der Waals surface area contributed by atoms with Gasteiger partial charge in [0.05, 0.1) is 11.8 Å². The topological polar surface area (TPSA) is 30.0 Å². The monoisotopic (exact) mass is 139 g/mol. The summed E-state index contributed by atoms with van der Waals surface area (Å²) in [4.78, 5) is 13.7. The molecule has 0 atom stereocenters. The molecule has 1 aromatic heterocycles. The van der Waals surface area contributed by atoms with E-state index in [0.717, 1.165) is 6.20 Å². The first-order chi connectivity index (χ1) is 4.75. The van der Waals surface area contributed by atoms with Gasteiger partial charge < -0.3 is 0 Å². The Morgan fingerprint density at radius 2 is 2.30 bits per heavy atom.